The number of rotatable bonds is 4. The normalized spacial score (nSPS) is 19.9. The van der Waals surface area contributed by atoms with Crippen LogP contribution in [0.25, 0.3) is 0 Å². The van der Waals surface area contributed by atoms with Crippen molar-refractivity contribution in [3.8, 4) is 0 Å². The summed E-state index contributed by atoms with van der Waals surface area (Å²) in [4.78, 5) is 31.6. The van der Waals surface area contributed by atoms with E-state index in [1.54, 1.807) is 0 Å². The predicted octanol–water partition coefficient (Wildman–Crippen LogP) is 3.59. The summed E-state index contributed by atoms with van der Waals surface area (Å²) in [7, 11) is 0. The summed E-state index contributed by atoms with van der Waals surface area (Å²) in [6.07, 6.45) is 0.0880. The zero-order chi connectivity index (χ0) is 26.9. The minimum absolute atomic E-state index is 0.705. The van der Waals surface area contributed by atoms with Gasteiger partial charge in [-0.05, 0) is 36.1 Å². The Balaban J connectivity index is 0.000000271. The van der Waals surface area contributed by atoms with Crippen LogP contribution in [-0.4, -0.2) is 79.4 Å². The van der Waals surface area contributed by atoms with E-state index < -0.39 is 24.3 Å². The first-order chi connectivity index (χ1) is 16.8. The Bertz CT molecular complexity index is 896. The number of aliphatic carboxylic acids is 2. The Labute approximate surface area is 202 Å². The van der Waals surface area contributed by atoms with E-state index in [0.717, 1.165) is 13.1 Å². The molecule has 0 aliphatic carbocycles. The highest BCUT2D eigenvalue weighted by molar-refractivity contribution is 5.73. The van der Waals surface area contributed by atoms with Gasteiger partial charge in [-0.3, -0.25) is 19.8 Å². The zero-order valence-corrected chi connectivity index (χ0v) is 18.8. The van der Waals surface area contributed by atoms with Crippen LogP contribution < -0.4 is 0 Å². The number of nitrogens with zero attached hydrogens (tertiary/aromatic N) is 4. The molecule has 4 heterocycles. The highest BCUT2D eigenvalue weighted by Gasteiger charge is 2.42. The molecule has 0 spiro atoms. The lowest BCUT2D eigenvalue weighted by atomic mass is 10.1. The minimum atomic E-state index is -5.08. The van der Waals surface area contributed by atoms with Gasteiger partial charge in [0.25, 0.3) is 0 Å². The molecule has 2 aliphatic heterocycles. The molecule has 8 nitrogen and oxygen atoms in total. The van der Waals surface area contributed by atoms with E-state index >= 15 is 0 Å². The molecule has 2 N–H and O–H groups in total. The molecule has 2 saturated heterocycles. The summed E-state index contributed by atoms with van der Waals surface area (Å²) in [5.74, 6) is -5.51. The Morgan fingerprint density at radius 1 is 0.778 bits per heavy atom. The number of carbonyl (C=O) groups is 2. The van der Waals surface area contributed by atoms with Crippen molar-refractivity contribution in [3.63, 3.8) is 0 Å². The summed E-state index contributed by atoms with van der Waals surface area (Å²) in [6.45, 7) is 4.48. The second kappa shape index (κ2) is 12.6. The van der Waals surface area contributed by atoms with E-state index in [1.807, 2.05) is 36.9 Å². The SMILES string of the molecule is O=C(O)C(F)(F)F.O=C(O)C(F)(F)F.c1cncc(CN2CC[C@H]3[C@H]2CCN3Cc2cccnc2)c1. The van der Waals surface area contributed by atoms with Crippen molar-refractivity contribution in [2.24, 2.45) is 0 Å². The van der Waals surface area contributed by atoms with Crippen molar-refractivity contribution in [1.29, 1.82) is 0 Å². The van der Waals surface area contributed by atoms with Gasteiger partial charge in [-0.25, -0.2) is 9.59 Å². The number of pyridine rings is 2. The lowest BCUT2D eigenvalue weighted by Gasteiger charge is -2.25. The first-order valence-corrected chi connectivity index (χ1v) is 10.6. The third kappa shape index (κ3) is 9.07. The number of carboxylic acids is 2. The van der Waals surface area contributed by atoms with Gasteiger partial charge in [0.2, 0.25) is 0 Å². The highest BCUT2D eigenvalue weighted by atomic mass is 19.4. The second-order valence-corrected chi connectivity index (χ2v) is 7.98. The van der Waals surface area contributed by atoms with Gasteiger partial charge in [-0.2, -0.15) is 26.3 Å². The number of halogens is 6. The molecule has 2 aliphatic rings. The van der Waals surface area contributed by atoms with Gasteiger partial charge in [0.1, 0.15) is 0 Å². The van der Waals surface area contributed by atoms with Crippen molar-refractivity contribution in [2.75, 3.05) is 13.1 Å². The quantitative estimate of drug-likeness (QED) is 0.587. The Kier molecular flexibility index (Phi) is 10.2. The number of alkyl halides is 6. The first-order valence-electron chi connectivity index (χ1n) is 10.6. The molecule has 0 bridgehead atoms. The van der Waals surface area contributed by atoms with Gasteiger partial charge >= 0.3 is 24.3 Å². The van der Waals surface area contributed by atoms with Gasteiger partial charge in [-0.15, -0.1) is 0 Å². The molecule has 14 heteroatoms. The molecule has 198 valence electrons. The Morgan fingerprint density at radius 2 is 1.11 bits per heavy atom. The van der Waals surface area contributed by atoms with E-state index in [1.165, 1.54) is 37.1 Å². The molecular formula is C22H24F6N4O4. The second-order valence-electron chi connectivity index (χ2n) is 7.98. The van der Waals surface area contributed by atoms with Crippen molar-refractivity contribution in [2.45, 2.75) is 50.4 Å². The highest BCUT2D eigenvalue weighted by Crippen LogP contribution is 2.33. The van der Waals surface area contributed by atoms with Crippen LogP contribution in [0, 0.1) is 0 Å². The molecule has 0 radical (unpaired) electrons. The monoisotopic (exact) mass is 522 g/mol. The number of fused-ring (bicyclic) bond motifs is 1. The number of likely N-dealkylation sites (tertiary alicyclic amines) is 2. The lowest BCUT2D eigenvalue weighted by Crippen LogP contribution is -2.36. The summed E-state index contributed by atoms with van der Waals surface area (Å²) >= 11 is 0. The van der Waals surface area contributed by atoms with Crippen molar-refractivity contribution in [3.05, 3.63) is 60.2 Å². The van der Waals surface area contributed by atoms with Gasteiger partial charge in [-0.1, -0.05) is 12.1 Å². The van der Waals surface area contributed by atoms with Crippen molar-refractivity contribution >= 4 is 11.9 Å². The van der Waals surface area contributed by atoms with Crippen LogP contribution in [0.4, 0.5) is 26.3 Å². The molecule has 36 heavy (non-hydrogen) atoms. The van der Waals surface area contributed by atoms with Crippen LogP contribution in [-0.2, 0) is 22.7 Å². The maximum absolute atomic E-state index is 10.6. The molecule has 4 rings (SSSR count). The molecule has 0 amide bonds. The average molecular weight is 522 g/mol. The predicted molar refractivity (Wildman–Crippen MR) is 113 cm³/mol. The Hall–Kier alpha value is -3.26. The van der Waals surface area contributed by atoms with Crippen LogP contribution in [0.3, 0.4) is 0 Å². The van der Waals surface area contributed by atoms with E-state index in [-0.39, 0.29) is 0 Å². The molecule has 0 unspecified atom stereocenters. The number of aromatic nitrogens is 2. The molecule has 2 aromatic heterocycles. The van der Waals surface area contributed by atoms with E-state index in [9.17, 15) is 26.3 Å². The van der Waals surface area contributed by atoms with Crippen molar-refractivity contribution in [1.82, 2.24) is 19.8 Å². The van der Waals surface area contributed by atoms with Crippen LogP contribution in [0.1, 0.15) is 24.0 Å². The van der Waals surface area contributed by atoms with E-state index in [4.69, 9.17) is 19.8 Å². The van der Waals surface area contributed by atoms with Gasteiger partial charge in [0.15, 0.2) is 0 Å². The van der Waals surface area contributed by atoms with Crippen molar-refractivity contribution < 1.29 is 46.1 Å². The molecular weight excluding hydrogens is 498 g/mol. The molecule has 0 aromatic carbocycles. The maximum Gasteiger partial charge on any atom is 0.490 e. The topological polar surface area (TPSA) is 107 Å². The van der Waals surface area contributed by atoms with Gasteiger partial charge in [0.05, 0.1) is 0 Å². The smallest absolute Gasteiger partial charge is 0.475 e. The molecule has 2 fully saturated rings. The third-order valence-electron chi connectivity index (χ3n) is 5.51. The number of carboxylic acid groups (broad SMARTS) is 2. The first kappa shape index (κ1) is 29.0. The van der Waals surface area contributed by atoms with Gasteiger partial charge in [0, 0.05) is 63.1 Å². The molecule has 0 saturated carbocycles. The van der Waals surface area contributed by atoms with Crippen LogP contribution in [0.2, 0.25) is 0 Å². The van der Waals surface area contributed by atoms with E-state index in [2.05, 4.69) is 31.9 Å². The maximum atomic E-state index is 10.6. The van der Waals surface area contributed by atoms with Gasteiger partial charge < -0.3 is 10.2 Å². The molecule has 2 aromatic rings. The van der Waals surface area contributed by atoms with E-state index in [0.29, 0.717) is 12.1 Å². The molecule has 2 atom stereocenters. The van der Waals surface area contributed by atoms with Crippen LogP contribution in [0.15, 0.2) is 49.1 Å². The van der Waals surface area contributed by atoms with Crippen LogP contribution in [0.5, 0.6) is 0 Å². The lowest BCUT2D eigenvalue weighted by molar-refractivity contribution is -0.193. The summed E-state index contributed by atoms with van der Waals surface area (Å²) in [5.41, 5.74) is 2.66. The summed E-state index contributed by atoms with van der Waals surface area (Å²) < 4.78 is 63.5. The average Bonchev–Trinajstić information content (AvgIpc) is 3.38. The fourth-order valence-corrected chi connectivity index (χ4v) is 4.01. The summed E-state index contributed by atoms with van der Waals surface area (Å²) in [6, 6.07) is 9.85. The fraction of sp³-hybridized carbons (Fsp3) is 0.455. The largest absolute Gasteiger partial charge is 0.490 e. The minimum Gasteiger partial charge on any atom is -0.475 e. The standard InChI is InChI=1S/C18H22N4.2C2HF3O2/c1-3-15(11-19-7-1)13-21-9-5-18-17(21)6-10-22(18)14-16-4-2-8-20-12-16;2*3-2(4,5)1(6)7/h1-4,7-8,11-12,17-18H,5-6,9-10,13-14H2;2*(H,6,7)/t17-,18+;;. The number of hydrogen-bond acceptors (Lipinski definition) is 6. The summed E-state index contributed by atoms with van der Waals surface area (Å²) in [5, 5.41) is 14.2. The zero-order valence-electron chi connectivity index (χ0n) is 18.8. The number of hydrogen-bond donors (Lipinski definition) is 2. The Morgan fingerprint density at radius 3 is 1.36 bits per heavy atom. The van der Waals surface area contributed by atoms with Crippen LogP contribution >= 0.6 is 0 Å². The third-order valence-corrected chi connectivity index (χ3v) is 5.51. The fourth-order valence-electron chi connectivity index (χ4n) is 4.01.